The van der Waals surface area contributed by atoms with Gasteiger partial charge in [0.1, 0.15) is 6.73 Å². The highest BCUT2D eigenvalue weighted by Crippen LogP contribution is 2.34. The first-order chi connectivity index (χ1) is 12.6. The van der Waals surface area contributed by atoms with Gasteiger partial charge in [-0.15, -0.1) is 0 Å². The van der Waals surface area contributed by atoms with Gasteiger partial charge in [0.25, 0.3) is 0 Å². The maximum absolute atomic E-state index is 5.85. The summed E-state index contributed by atoms with van der Waals surface area (Å²) < 4.78 is 7.88. The third-order valence-electron chi connectivity index (χ3n) is 4.84. The molecule has 0 bridgehead atoms. The molecule has 0 amide bonds. The number of nitrogens with zero attached hydrogens (tertiary/aromatic N) is 2. The SMILES string of the molecule is CC(C)(C)c1cc(-c2cn(COCC[Si](C)(C)C)cn2)cc2ccccc12. The molecule has 0 aliphatic carbocycles. The summed E-state index contributed by atoms with van der Waals surface area (Å²) in [6.07, 6.45) is 3.96. The highest BCUT2D eigenvalue weighted by Gasteiger charge is 2.19. The third kappa shape index (κ3) is 5.08. The first kappa shape index (κ1) is 19.8. The van der Waals surface area contributed by atoms with Crippen LogP contribution in [0.1, 0.15) is 26.3 Å². The second-order valence-electron chi connectivity index (χ2n) is 9.62. The average molecular weight is 381 g/mol. The molecule has 0 fully saturated rings. The normalized spacial score (nSPS) is 12.7. The summed E-state index contributed by atoms with van der Waals surface area (Å²) in [6, 6.07) is 14.3. The fourth-order valence-electron chi connectivity index (χ4n) is 3.21. The molecule has 3 nitrogen and oxygen atoms in total. The van der Waals surface area contributed by atoms with Crippen molar-refractivity contribution < 1.29 is 4.74 Å². The first-order valence-corrected chi connectivity index (χ1v) is 13.5. The lowest BCUT2D eigenvalue weighted by atomic mass is 9.82. The van der Waals surface area contributed by atoms with Crippen molar-refractivity contribution in [3.8, 4) is 11.3 Å². The van der Waals surface area contributed by atoms with Crippen LogP contribution >= 0.6 is 0 Å². The molecule has 4 heteroatoms. The number of aromatic nitrogens is 2. The van der Waals surface area contributed by atoms with Gasteiger partial charge in [-0.05, 0) is 39.9 Å². The molecule has 0 saturated carbocycles. The summed E-state index contributed by atoms with van der Waals surface area (Å²) in [5.74, 6) is 0. The minimum absolute atomic E-state index is 0.0815. The number of fused-ring (bicyclic) bond motifs is 1. The molecular formula is C23H32N2OSi. The average Bonchev–Trinajstić information content (AvgIpc) is 3.05. The number of hydrogen-bond donors (Lipinski definition) is 0. The Hall–Kier alpha value is -1.91. The zero-order valence-electron chi connectivity index (χ0n) is 17.5. The van der Waals surface area contributed by atoms with Crippen LogP contribution in [0.5, 0.6) is 0 Å². The highest BCUT2D eigenvalue weighted by atomic mass is 28.3. The van der Waals surface area contributed by atoms with Crippen molar-refractivity contribution in [2.45, 2.75) is 58.6 Å². The molecule has 0 spiro atoms. The molecule has 0 aliphatic heterocycles. The summed E-state index contributed by atoms with van der Waals surface area (Å²) in [7, 11) is -1.04. The van der Waals surface area contributed by atoms with Gasteiger partial charge >= 0.3 is 0 Å². The molecule has 0 unspecified atom stereocenters. The Bertz CT molecular complexity index is 916. The van der Waals surface area contributed by atoms with E-state index in [0.29, 0.717) is 6.73 Å². The molecule has 0 aliphatic rings. The van der Waals surface area contributed by atoms with Gasteiger partial charge in [-0.2, -0.15) is 0 Å². The van der Waals surface area contributed by atoms with Crippen LogP contribution in [0.3, 0.4) is 0 Å². The topological polar surface area (TPSA) is 27.1 Å². The van der Waals surface area contributed by atoms with Gasteiger partial charge in [0.2, 0.25) is 0 Å². The molecule has 0 atom stereocenters. The van der Waals surface area contributed by atoms with E-state index < -0.39 is 8.07 Å². The zero-order valence-corrected chi connectivity index (χ0v) is 18.5. The van der Waals surface area contributed by atoms with E-state index in [-0.39, 0.29) is 5.41 Å². The Morgan fingerprint density at radius 1 is 1.07 bits per heavy atom. The maximum Gasteiger partial charge on any atom is 0.123 e. The second-order valence-corrected chi connectivity index (χ2v) is 15.2. The van der Waals surface area contributed by atoms with Crippen LogP contribution in [0.4, 0.5) is 0 Å². The molecule has 0 saturated heterocycles. The molecule has 144 valence electrons. The van der Waals surface area contributed by atoms with Crippen LogP contribution in [-0.2, 0) is 16.9 Å². The lowest BCUT2D eigenvalue weighted by molar-refractivity contribution is 0.0872. The van der Waals surface area contributed by atoms with E-state index in [2.05, 4.69) is 88.0 Å². The quantitative estimate of drug-likeness (QED) is 0.370. The number of rotatable bonds is 6. The summed E-state index contributed by atoms with van der Waals surface area (Å²) in [6.45, 7) is 15.3. The van der Waals surface area contributed by atoms with E-state index in [4.69, 9.17) is 4.74 Å². The minimum Gasteiger partial charge on any atom is -0.361 e. The molecule has 0 N–H and O–H groups in total. The lowest BCUT2D eigenvalue weighted by Gasteiger charge is -2.22. The number of ether oxygens (including phenoxy) is 1. The maximum atomic E-state index is 5.85. The summed E-state index contributed by atoms with van der Waals surface area (Å²) in [5, 5.41) is 2.59. The fraction of sp³-hybridized carbons (Fsp3) is 0.435. The van der Waals surface area contributed by atoms with Crippen molar-refractivity contribution in [2.75, 3.05) is 6.61 Å². The van der Waals surface area contributed by atoms with Crippen molar-refractivity contribution in [2.24, 2.45) is 0 Å². The molecular weight excluding hydrogens is 348 g/mol. The number of benzene rings is 2. The standard InChI is InChI=1S/C23H32N2OSi/c1-23(2,3)21-14-19(13-18-9-7-8-10-20(18)21)22-15-25(16-24-22)17-26-11-12-27(4,5)6/h7-10,13-16H,11-12,17H2,1-6H3. The van der Waals surface area contributed by atoms with E-state index in [1.807, 2.05) is 10.9 Å². The molecule has 3 rings (SSSR count). The Kier molecular flexibility index (Phi) is 5.59. The van der Waals surface area contributed by atoms with Crippen LogP contribution in [0.15, 0.2) is 48.9 Å². The zero-order chi connectivity index (χ0) is 19.7. The Balaban J connectivity index is 1.83. The van der Waals surface area contributed by atoms with E-state index >= 15 is 0 Å². The van der Waals surface area contributed by atoms with Crippen LogP contribution in [0.25, 0.3) is 22.0 Å². The predicted octanol–water partition coefficient (Wildman–Crippen LogP) is 6.31. The molecule has 1 aromatic heterocycles. The predicted molar refractivity (Wildman–Crippen MR) is 118 cm³/mol. The minimum atomic E-state index is -1.04. The first-order valence-electron chi connectivity index (χ1n) is 9.77. The van der Waals surface area contributed by atoms with Gasteiger partial charge in [0.05, 0.1) is 12.0 Å². The van der Waals surface area contributed by atoms with Gasteiger partial charge in [0, 0.05) is 26.4 Å². The largest absolute Gasteiger partial charge is 0.361 e. The molecule has 3 aromatic rings. The van der Waals surface area contributed by atoms with Crippen molar-refractivity contribution in [3.63, 3.8) is 0 Å². The van der Waals surface area contributed by atoms with Gasteiger partial charge in [-0.1, -0.05) is 64.7 Å². The molecule has 1 heterocycles. The van der Waals surface area contributed by atoms with E-state index in [9.17, 15) is 0 Å². The van der Waals surface area contributed by atoms with E-state index in [1.54, 1.807) is 0 Å². The van der Waals surface area contributed by atoms with E-state index in [1.165, 1.54) is 27.9 Å². The van der Waals surface area contributed by atoms with E-state index in [0.717, 1.165) is 12.3 Å². The van der Waals surface area contributed by atoms with Crippen LogP contribution < -0.4 is 0 Å². The third-order valence-corrected chi connectivity index (χ3v) is 6.54. The van der Waals surface area contributed by atoms with Crippen LogP contribution in [-0.4, -0.2) is 24.2 Å². The number of imidazole rings is 1. The Labute approximate surface area is 164 Å². The monoisotopic (exact) mass is 380 g/mol. The lowest BCUT2D eigenvalue weighted by Crippen LogP contribution is -2.21. The smallest absolute Gasteiger partial charge is 0.123 e. The van der Waals surface area contributed by atoms with Crippen molar-refractivity contribution >= 4 is 18.8 Å². The Morgan fingerprint density at radius 3 is 2.52 bits per heavy atom. The fourth-order valence-corrected chi connectivity index (χ4v) is 3.96. The Morgan fingerprint density at radius 2 is 1.81 bits per heavy atom. The molecule has 27 heavy (non-hydrogen) atoms. The molecule has 0 radical (unpaired) electrons. The second kappa shape index (κ2) is 7.61. The molecule has 2 aromatic carbocycles. The van der Waals surface area contributed by atoms with Crippen molar-refractivity contribution in [3.05, 3.63) is 54.5 Å². The van der Waals surface area contributed by atoms with Crippen LogP contribution in [0.2, 0.25) is 25.7 Å². The van der Waals surface area contributed by atoms with Crippen LogP contribution in [0, 0.1) is 0 Å². The van der Waals surface area contributed by atoms with Gasteiger partial charge in [-0.3, -0.25) is 0 Å². The van der Waals surface area contributed by atoms with Gasteiger partial charge in [0.15, 0.2) is 0 Å². The summed E-state index contributed by atoms with van der Waals surface area (Å²) in [4.78, 5) is 4.64. The van der Waals surface area contributed by atoms with Gasteiger partial charge < -0.3 is 9.30 Å². The number of hydrogen-bond acceptors (Lipinski definition) is 2. The summed E-state index contributed by atoms with van der Waals surface area (Å²) in [5.41, 5.74) is 3.61. The van der Waals surface area contributed by atoms with Crippen molar-refractivity contribution in [1.82, 2.24) is 9.55 Å². The van der Waals surface area contributed by atoms with Gasteiger partial charge in [-0.25, -0.2) is 4.98 Å². The summed E-state index contributed by atoms with van der Waals surface area (Å²) >= 11 is 0. The van der Waals surface area contributed by atoms with Crippen molar-refractivity contribution in [1.29, 1.82) is 0 Å². The highest BCUT2D eigenvalue weighted by molar-refractivity contribution is 6.76.